The lowest BCUT2D eigenvalue weighted by Gasteiger charge is -2.28. The molecule has 0 amide bonds. The van der Waals surface area contributed by atoms with Crippen LogP contribution in [0.3, 0.4) is 0 Å². The first-order valence-electron chi connectivity index (χ1n) is 10.4. The molecule has 2 heterocycles. The van der Waals surface area contributed by atoms with Crippen molar-refractivity contribution in [2.24, 2.45) is 5.41 Å². The number of carbonyl (C=O) groups excluding carboxylic acids is 1. The van der Waals surface area contributed by atoms with Crippen LogP contribution >= 0.6 is 0 Å². The first-order valence-corrected chi connectivity index (χ1v) is 11.8. The van der Waals surface area contributed by atoms with Crippen molar-refractivity contribution in [3.05, 3.63) is 58.8 Å². The SMILES string of the molecule is Cc1cc2c3c([nH]c2cc1S(=O)(=O)N1c2ccccc2C[C@@H]1C)CC(C)(C)CC3=O. The van der Waals surface area contributed by atoms with E-state index < -0.39 is 10.0 Å². The number of fused-ring (bicyclic) bond motifs is 4. The molecule has 2 aromatic carbocycles. The first-order chi connectivity index (χ1) is 14.1. The molecule has 30 heavy (non-hydrogen) atoms. The summed E-state index contributed by atoms with van der Waals surface area (Å²) in [7, 11) is -3.73. The fraction of sp³-hybridized carbons (Fsp3) is 0.375. The van der Waals surface area contributed by atoms with Gasteiger partial charge in [0.25, 0.3) is 10.0 Å². The minimum absolute atomic E-state index is 0.0936. The normalized spacial score (nSPS) is 20.5. The number of carbonyl (C=O) groups is 1. The number of nitrogens with one attached hydrogen (secondary N) is 1. The Morgan fingerprint density at radius 2 is 1.87 bits per heavy atom. The van der Waals surface area contributed by atoms with E-state index >= 15 is 0 Å². The topological polar surface area (TPSA) is 70.2 Å². The fourth-order valence-corrected chi connectivity index (χ4v) is 7.12. The Hall–Kier alpha value is -2.60. The van der Waals surface area contributed by atoms with E-state index in [0.717, 1.165) is 39.8 Å². The second-order valence-corrected chi connectivity index (χ2v) is 11.3. The summed E-state index contributed by atoms with van der Waals surface area (Å²) in [5.41, 5.74) is 4.75. The molecule has 0 radical (unpaired) electrons. The highest BCUT2D eigenvalue weighted by atomic mass is 32.2. The minimum Gasteiger partial charge on any atom is -0.358 e. The number of aromatic nitrogens is 1. The van der Waals surface area contributed by atoms with Crippen LogP contribution in [0.5, 0.6) is 0 Å². The molecule has 1 atom stereocenters. The third-order valence-electron chi connectivity index (χ3n) is 6.43. The van der Waals surface area contributed by atoms with Crippen LogP contribution in [-0.4, -0.2) is 25.2 Å². The van der Waals surface area contributed by atoms with Gasteiger partial charge in [0, 0.05) is 34.6 Å². The van der Waals surface area contributed by atoms with E-state index in [0.29, 0.717) is 23.3 Å². The third-order valence-corrected chi connectivity index (χ3v) is 8.50. The van der Waals surface area contributed by atoms with Gasteiger partial charge in [-0.3, -0.25) is 9.10 Å². The number of aryl methyl sites for hydroxylation is 1. The number of sulfonamides is 1. The quantitative estimate of drug-likeness (QED) is 0.647. The summed E-state index contributed by atoms with van der Waals surface area (Å²) < 4.78 is 29.0. The van der Waals surface area contributed by atoms with Gasteiger partial charge in [-0.25, -0.2) is 8.42 Å². The molecule has 2 aliphatic rings. The average Bonchev–Trinajstić information content (AvgIpc) is 3.15. The molecular formula is C24H26N2O3S. The summed E-state index contributed by atoms with van der Waals surface area (Å²) in [5.74, 6) is 0.129. The second kappa shape index (κ2) is 6.20. The number of rotatable bonds is 2. The van der Waals surface area contributed by atoms with Crippen molar-refractivity contribution in [1.82, 2.24) is 4.98 Å². The van der Waals surface area contributed by atoms with E-state index in [4.69, 9.17) is 0 Å². The Labute approximate surface area is 177 Å². The van der Waals surface area contributed by atoms with E-state index in [9.17, 15) is 13.2 Å². The second-order valence-electron chi connectivity index (χ2n) is 9.57. The number of aromatic amines is 1. The van der Waals surface area contributed by atoms with Crippen molar-refractivity contribution in [3.8, 4) is 0 Å². The highest BCUT2D eigenvalue weighted by Gasteiger charge is 2.38. The number of hydrogen-bond acceptors (Lipinski definition) is 3. The van der Waals surface area contributed by atoms with Gasteiger partial charge < -0.3 is 4.98 Å². The van der Waals surface area contributed by atoms with Crippen molar-refractivity contribution in [2.45, 2.75) is 57.9 Å². The van der Waals surface area contributed by atoms with Gasteiger partial charge in [0.1, 0.15) is 0 Å². The Bertz CT molecular complexity index is 1320. The molecule has 1 aliphatic heterocycles. The predicted octanol–water partition coefficient (Wildman–Crippen LogP) is 4.77. The standard InChI is InChI=1S/C24H26N2O3S/c1-14-9-17-18(25-19-12-24(3,4)13-21(27)23(17)19)11-22(14)30(28,29)26-15(2)10-16-7-5-6-8-20(16)26/h5-9,11,15,25H,10,12-13H2,1-4H3/t15-/m0/s1. The van der Waals surface area contributed by atoms with E-state index in [1.54, 1.807) is 10.4 Å². The van der Waals surface area contributed by atoms with Gasteiger partial charge in [-0.05, 0) is 61.4 Å². The largest absolute Gasteiger partial charge is 0.358 e. The zero-order valence-corrected chi connectivity index (χ0v) is 18.6. The maximum atomic E-state index is 13.7. The third kappa shape index (κ3) is 2.73. The van der Waals surface area contributed by atoms with Crippen LogP contribution < -0.4 is 4.31 Å². The molecule has 5 nitrogen and oxygen atoms in total. The van der Waals surface area contributed by atoms with Gasteiger partial charge in [0.15, 0.2) is 5.78 Å². The summed E-state index contributed by atoms with van der Waals surface area (Å²) in [5, 5.41) is 0.830. The molecule has 1 N–H and O–H groups in total. The molecule has 5 rings (SSSR count). The average molecular weight is 423 g/mol. The maximum Gasteiger partial charge on any atom is 0.264 e. The molecule has 1 aliphatic carbocycles. The Morgan fingerprint density at radius 3 is 2.63 bits per heavy atom. The molecule has 0 spiro atoms. The minimum atomic E-state index is -3.73. The molecule has 0 unspecified atom stereocenters. The van der Waals surface area contributed by atoms with Gasteiger partial charge in [0.2, 0.25) is 0 Å². The molecule has 0 bridgehead atoms. The van der Waals surface area contributed by atoms with Crippen molar-refractivity contribution < 1.29 is 13.2 Å². The van der Waals surface area contributed by atoms with Crippen LogP contribution in [0, 0.1) is 12.3 Å². The lowest BCUT2D eigenvalue weighted by molar-refractivity contribution is 0.0913. The lowest BCUT2D eigenvalue weighted by Crippen LogP contribution is -2.36. The van der Waals surface area contributed by atoms with E-state index in [-0.39, 0.29) is 17.2 Å². The highest BCUT2D eigenvalue weighted by molar-refractivity contribution is 7.93. The van der Waals surface area contributed by atoms with Gasteiger partial charge in [-0.15, -0.1) is 0 Å². The number of Topliss-reactive ketones (excluding diaryl/α,β-unsaturated/α-hetero) is 1. The molecule has 3 aromatic rings. The van der Waals surface area contributed by atoms with Crippen LogP contribution in [0.25, 0.3) is 10.9 Å². The number of anilines is 1. The van der Waals surface area contributed by atoms with Gasteiger partial charge >= 0.3 is 0 Å². The van der Waals surface area contributed by atoms with Crippen molar-refractivity contribution in [1.29, 1.82) is 0 Å². The van der Waals surface area contributed by atoms with Gasteiger partial charge in [-0.1, -0.05) is 32.0 Å². The molecule has 6 heteroatoms. The van der Waals surface area contributed by atoms with Crippen molar-refractivity contribution >= 4 is 32.4 Å². The molecule has 156 valence electrons. The highest BCUT2D eigenvalue weighted by Crippen LogP contribution is 2.41. The number of benzene rings is 2. The number of nitrogens with zero attached hydrogens (tertiary/aromatic N) is 1. The van der Waals surface area contributed by atoms with Gasteiger partial charge in [0.05, 0.1) is 10.6 Å². The molecule has 0 saturated heterocycles. The monoisotopic (exact) mass is 422 g/mol. The smallest absolute Gasteiger partial charge is 0.264 e. The van der Waals surface area contributed by atoms with E-state index in [2.05, 4.69) is 18.8 Å². The van der Waals surface area contributed by atoms with Crippen LogP contribution in [-0.2, 0) is 22.9 Å². The number of para-hydroxylation sites is 1. The van der Waals surface area contributed by atoms with Crippen LogP contribution in [0.1, 0.15) is 54.4 Å². The molecule has 0 fully saturated rings. The summed E-state index contributed by atoms with van der Waals surface area (Å²) >= 11 is 0. The number of H-pyrrole nitrogens is 1. The fourth-order valence-electron chi connectivity index (χ4n) is 5.19. The lowest BCUT2D eigenvalue weighted by atomic mass is 9.76. The predicted molar refractivity (Wildman–Crippen MR) is 119 cm³/mol. The summed E-state index contributed by atoms with van der Waals surface area (Å²) in [6, 6.07) is 11.1. The van der Waals surface area contributed by atoms with E-state index in [1.165, 1.54) is 0 Å². The van der Waals surface area contributed by atoms with E-state index in [1.807, 2.05) is 44.2 Å². The molecular weight excluding hydrogens is 396 g/mol. The number of ketones is 1. The van der Waals surface area contributed by atoms with Crippen LogP contribution in [0.4, 0.5) is 5.69 Å². The molecule has 0 saturated carbocycles. The molecule has 1 aromatic heterocycles. The van der Waals surface area contributed by atoms with Crippen molar-refractivity contribution in [3.63, 3.8) is 0 Å². The summed E-state index contributed by atoms with van der Waals surface area (Å²) in [6.07, 6.45) is 1.99. The zero-order valence-electron chi connectivity index (χ0n) is 17.7. The van der Waals surface area contributed by atoms with Crippen LogP contribution in [0.2, 0.25) is 0 Å². The Balaban J connectivity index is 1.67. The summed E-state index contributed by atoms with van der Waals surface area (Å²) in [4.78, 5) is 16.5. The van der Waals surface area contributed by atoms with Crippen molar-refractivity contribution in [2.75, 3.05) is 4.31 Å². The maximum absolute atomic E-state index is 13.7. The van der Waals surface area contributed by atoms with Crippen LogP contribution in [0.15, 0.2) is 41.3 Å². The summed E-state index contributed by atoms with van der Waals surface area (Å²) in [6.45, 7) is 7.94. The Kier molecular flexibility index (Phi) is 4.00. The zero-order chi connectivity index (χ0) is 21.4. The first kappa shape index (κ1) is 19.4. The number of hydrogen-bond donors (Lipinski definition) is 1. The Morgan fingerprint density at radius 1 is 1.13 bits per heavy atom. The van der Waals surface area contributed by atoms with Gasteiger partial charge in [-0.2, -0.15) is 0 Å².